The van der Waals surface area contributed by atoms with Gasteiger partial charge in [0.1, 0.15) is 0 Å². The van der Waals surface area contributed by atoms with Gasteiger partial charge in [0.2, 0.25) is 5.88 Å². The van der Waals surface area contributed by atoms with Crippen LogP contribution in [-0.2, 0) is 6.54 Å². The first kappa shape index (κ1) is 14.7. The van der Waals surface area contributed by atoms with E-state index in [0.29, 0.717) is 18.4 Å². The smallest absolute Gasteiger partial charge is 0.213 e. The van der Waals surface area contributed by atoms with E-state index in [0.717, 1.165) is 24.2 Å². The van der Waals surface area contributed by atoms with Crippen molar-refractivity contribution in [2.75, 3.05) is 13.7 Å². The SMILES string of the molecule is C=C(C)CCOc1cc(CNC)cc(C(C)C)n1. The van der Waals surface area contributed by atoms with Crippen LogP contribution in [0.3, 0.4) is 0 Å². The summed E-state index contributed by atoms with van der Waals surface area (Å²) < 4.78 is 5.69. The molecule has 0 saturated carbocycles. The zero-order valence-electron chi connectivity index (χ0n) is 11.9. The van der Waals surface area contributed by atoms with E-state index in [4.69, 9.17) is 4.74 Å². The molecule has 3 heteroatoms. The van der Waals surface area contributed by atoms with Crippen LogP contribution in [0, 0.1) is 0 Å². The fourth-order valence-electron chi connectivity index (χ4n) is 1.59. The summed E-state index contributed by atoms with van der Waals surface area (Å²) in [4.78, 5) is 4.53. The molecule has 0 bridgehead atoms. The lowest BCUT2D eigenvalue weighted by atomic mass is 10.1. The Morgan fingerprint density at radius 3 is 2.72 bits per heavy atom. The highest BCUT2D eigenvalue weighted by Gasteiger charge is 2.07. The van der Waals surface area contributed by atoms with E-state index in [1.165, 1.54) is 5.56 Å². The maximum Gasteiger partial charge on any atom is 0.213 e. The molecule has 0 spiro atoms. The summed E-state index contributed by atoms with van der Waals surface area (Å²) in [5, 5.41) is 3.15. The van der Waals surface area contributed by atoms with Gasteiger partial charge in [-0.15, -0.1) is 6.58 Å². The minimum absolute atomic E-state index is 0.408. The van der Waals surface area contributed by atoms with E-state index in [-0.39, 0.29) is 0 Å². The zero-order valence-corrected chi connectivity index (χ0v) is 11.9. The van der Waals surface area contributed by atoms with Gasteiger partial charge < -0.3 is 10.1 Å². The molecule has 100 valence electrons. The fraction of sp³-hybridized carbons (Fsp3) is 0.533. The van der Waals surface area contributed by atoms with Crippen molar-refractivity contribution in [2.45, 2.75) is 39.7 Å². The first-order chi connectivity index (χ1) is 8.52. The number of pyridine rings is 1. The van der Waals surface area contributed by atoms with E-state index in [1.807, 2.05) is 20.0 Å². The Kier molecular flexibility index (Phi) is 5.86. The maximum atomic E-state index is 5.69. The Bertz CT molecular complexity index is 399. The van der Waals surface area contributed by atoms with Crippen LogP contribution in [0.2, 0.25) is 0 Å². The molecule has 0 atom stereocenters. The second kappa shape index (κ2) is 7.17. The summed E-state index contributed by atoms with van der Waals surface area (Å²) in [6.07, 6.45) is 0.870. The van der Waals surface area contributed by atoms with Crippen LogP contribution in [0.1, 0.15) is 44.4 Å². The van der Waals surface area contributed by atoms with Crippen molar-refractivity contribution >= 4 is 0 Å². The van der Waals surface area contributed by atoms with Crippen molar-refractivity contribution in [2.24, 2.45) is 0 Å². The van der Waals surface area contributed by atoms with Crippen molar-refractivity contribution in [3.05, 3.63) is 35.5 Å². The van der Waals surface area contributed by atoms with Gasteiger partial charge in [0.25, 0.3) is 0 Å². The quantitative estimate of drug-likeness (QED) is 0.752. The van der Waals surface area contributed by atoms with E-state index >= 15 is 0 Å². The van der Waals surface area contributed by atoms with Crippen LogP contribution in [0.25, 0.3) is 0 Å². The number of hydrogen-bond donors (Lipinski definition) is 1. The highest BCUT2D eigenvalue weighted by Crippen LogP contribution is 2.19. The molecule has 0 unspecified atom stereocenters. The van der Waals surface area contributed by atoms with Crippen LogP contribution in [0.15, 0.2) is 24.3 Å². The third-order valence-electron chi connectivity index (χ3n) is 2.63. The standard InChI is InChI=1S/C15H24N2O/c1-11(2)6-7-18-15-9-13(10-16-5)8-14(17-15)12(3)4/h8-9,12,16H,1,6-7,10H2,2-5H3. The van der Waals surface area contributed by atoms with Crippen molar-refractivity contribution in [1.29, 1.82) is 0 Å². The predicted molar refractivity (Wildman–Crippen MR) is 76.0 cm³/mol. The average molecular weight is 248 g/mol. The van der Waals surface area contributed by atoms with Crippen LogP contribution in [0.5, 0.6) is 5.88 Å². The Morgan fingerprint density at radius 2 is 2.17 bits per heavy atom. The van der Waals surface area contributed by atoms with Gasteiger partial charge in [-0.2, -0.15) is 0 Å². The molecule has 0 aliphatic carbocycles. The molecule has 1 aromatic heterocycles. The number of rotatable bonds is 7. The fourth-order valence-corrected chi connectivity index (χ4v) is 1.59. The lowest BCUT2D eigenvalue weighted by Crippen LogP contribution is -2.08. The van der Waals surface area contributed by atoms with E-state index in [1.54, 1.807) is 0 Å². The van der Waals surface area contributed by atoms with Crippen LogP contribution < -0.4 is 10.1 Å². The highest BCUT2D eigenvalue weighted by molar-refractivity contribution is 5.26. The number of ether oxygens (including phenoxy) is 1. The summed E-state index contributed by atoms with van der Waals surface area (Å²) in [5.74, 6) is 1.12. The number of hydrogen-bond acceptors (Lipinski definition) is 3. The van der Waals surface area contributed by atoms with Crippen molar-refractivity contribution in [3.8, 4) is 5.88 Å². The molecular formula is C15H24N2O. The Labute approximate surface area is 110 Å². The highest BCUT2D eigenvalue weighted by atomic mass is 16.5. The molecule has 0 saturated heterocycles. The van der Waals surface area contributed by atoms with Gasteiger partial charge in [-0.1, -0.05) is 19.4 Å². The van der Waals surface area contributed by atoms with Gasteiger partial charge in [0, 0.05) is 24.7 Å². The zero-order chi connectivity index (χ0) is 13.5. The Balaban J connectivity index is 2.78. The molecule has 0 aromatic carbocycles. The Morgan fingerprint density at radius 1 is 1.44 bits per heavy atom. The molecule has 0 amide bonds. The molecule has 1 N–H and O–H groups in total. The minimum Gasteiger partial charge on any atom is -0.477 e. The van der Waals surface area contributed by atoms with Crippen molar-refractivity contribution in [3.63, 3.8) is 0 Å². The van der Waals surface area contributed by atoms with Crippen LogP contribution >= 0.6 is 0 Å². The molecule has 0 aliphatic heterocycles. The normalized spacial score (nSPS) is 10.7. The monoisotopic (exact) mass is 248 g/mol. The van der Waals surface area contributed by atoms with E-state index in [9.17, 15) is 0 Å². The number of nitrogens with one attached hydrogen (secondary N) is 1. The number of nitrogens with zero attached hydrogens (tertiary/aromatic N) is 1. The minimum atomic E-state index is 0.408. The van der Waals surface area contributed by atoms with E-state index < -0.39 is 0 Å². The predicted octanol–water partition coefficient (Wildman–Crippen LogP) is 3.27. The van der Waals surface area contributed by atoms with Crippen molar-refractivity contribution < 1.29 is 4.74 Å². The Hall–Kier alpha value is -1.35. The molecule has 3 nitrogen and oxygen atoms in total. The molecular weight excluding hydrogens is 224 g/mol. The first-order valence-corrected chi connectivity index (χ1v) is 6.45. The second-order valence-electron chi connectivity index (χ2n) is 4.98. The average Bonchev–Trinajstić information content (AvgIpc) is 2.28. The van der Waals surface area contributed by atoms with Gasteiger partial charge >= 0.3 is 0 Å². The summed E-state index contributed by atoms with van der Waals surface area (Å²) >= 11 is 0. The van der Waals surface area contributed by atoms with Gasteiger partial charge in [0.05, 0.1) is 6.61 Å². The molecule has 0 aliphatic rings. The molecule has 1 heterocycles. The first-order valence-electron chi connectivity index (χ1n) is 6.45. The second-order valence-corrected chi connectivity index (χ2v) is 4.98. The molecule has 1 rings (SSSR count). The largest absolute Gasteiger partial charge is 0.477 e. The van der Waals surface area contributed by atoms with Crippen molar-refractivity contribution in [1.82, 2.24) is 10.3 Å². The molecule has 0 fully saturated rings. The summed E-state index contributed by atoms with van der Waals surface area (Å²) in [5.41, 5.74) is 3.42. The van der Waals surface area contributed by atoms with E-state index in [2.05, 4.69) is 36.8 Å². The topological polar surface area (TPSA) is 34.1 Å². The molecule has 18 heavy (non-hydrogen) atoms. The lowest BCUT2D eigenvalue weighted by Gasteiger charge is -2.12. The van der Waals surface area contributed by atoms with Gasteiger partial charge in [-0.25, -0.2) is 4.98 Å². The van der Waals surface area contributed by atoms with Crippen LogP contribution in [0.4, 0.5) is 0 Å². The summed E-state index contributed by atoms with van der Waals surface area (Å²) in [6.45, 7) is 11.6. The summed E-state index contributed by atoms with van der Waals surface area (Å²) in [7, 11) is 1.94. The van der Waals surface area contributed by atoms with Gasteiger partial charge in [-0.3, -0.25) is 0 Å². The van der Waals surface area contributed by atoms with Gasteiger partial charge in [0.15, 0.2) is 0 Å². The van der Waals surface area contributed by atoms with Crippen LogP contribution in [-0.4, -0.2) is 18.6 Å². The maximum absolute atomic E-state index is 5.69. The molecule has 1 aromatic rings. The molecule has 0 radical (unpaired) electrons. The third kappa shape index (κ3) is 4.88. The third-order valence-corrected chi connectivity index (χ3v) is 2.63. The lowest BCUT2D eigenvalue weighted by molar-refractivity contribution is 0.307. The van der Waals surface area contributed by atoms with Gasteiger partial charge in [-0.05, 0) is 31.5 Å². The summed E-state index contributed by atoms with van der Waals surface area (Å²) in [6, 6.07) is 4.13. The number of aromatic nitrogens is 1.